The Hall–Kier alpha value is -2.71. The minimum atomic E-state index is -0.887. The summed E-state index contributed by atoms with van der Waals surface area (Å²) in [6.45, 7) is 3.52. The fourth-order valence-electron chi connectivity index (χ4n) is 1.90. The van der Waals surface area contributed by atoms with E-state index in [2.05, 4.69) is 25.9 Å². The van der Waals surface area contributed by atoms with Gasteiger partial charge in [-0.05, 0) is 26.0 Å². The first-order valence-electron chi connectivity index (χ1n) is 7.49. The Morgan fingerprint density at radius 3 is 2.54 bits per heavy atom. The number of aryl methyl sites for hydroxylation is 2. The average Bonchev–Trinajstić information content (AvgIpc) is 2.54. The zero-order chi connectivity index (χ0) is 17.5. The summed E-state index contributed by atoms with van der Waals surface area (Å²) >= 11 is 0. The normalized spacial score (nSPS) is 11.7. The lowest BCUT2D eigenvalue weighted by Gasteiger charge is -2.12. The first kappa shape index (κ1) is 17.6. The first-order valence-corrected chi connectivity index (χ1v) is 7.49. The van der Waals surface area contributed by atoms with Gasteiger partial charge in [0.25, 0.3) is 0 Å². The van der Waals surface area contributed by atoms with Gasteiger partial charge in [-0.3, -0.25) is 5.32 Å². The standard InChI is InChI=1S/C16H21N5O3/c1-10-3-5-12(6-4-10)19-16(24)21-15-18-11(2)7-14(20-15)17-8-13(23)9-22/h3-7,13,22-23H,8-9H2,1-2H3,(H3,17,18,19,20,21,24). The Morgan fingerprint density at radius 2 is 1.88 bits per heavy atom. The second kappa shape index (κ2) is 8.23. The number of benzene rings is 1. The van der Waals surface area contributed by atoms with Crippen molar-refractivity contribution in [2.45, 2.75) is 20.0 Å². The molecule has 0 fully saturated rings. The van der Waals surface area contributed by atoms with Crippen molar-refractivity contribution in [3.8, 4) is 0 Å². The van der Waals surface area contributed by atoms with Crippen molar-refractivity contribution in [1.29, 1.82) is 0 Å². The van der Waals surface area contributed by atoms with Crippen molar-refractivity contribution in [3.63, 3.8) is 0 Å². The number of anilines is 3. The molecule has 0 aliphatic rings. The maximum Gasteiger partial charge on any atom is 0.326 e. The highest BCUT2D eigenvalue weighted by Gasteiger charge is 2.08. The number of aliphatic hydroxyl groups excluding tert-OH is 2. The molecule has 24 heavy (non-hydrogen) atoms. The Morgan fingerprint density at radius 1 is 1.17 bits per heavy atom. The molecule has 1 heterocycles. The average molecular weight is 331 g/mol. The van der Waals surface area contributed by atoms with Crippen LogP contribution in [0.15, 0.2) is 30.3 Å². The van der Waals surface area contributed by atoms with Crippen LogP contribution in [0, 0.1) is 13.8 Å². The van der Waals surface area contributed by atoms with Gasteiger partial charge < -0.3 is 20.8 Å². The van der Waals surface area contributed by atoms with E-state index in [1.165, 1.54) is 0 Å². The summed E-state index contributed by atoms with van der Waals surface area (Å²) in [6, 6.07) is 8.61. The Bertz CT molecular complexity index is 691. The number of nitrogens with one attached hydrogen (secondary N) is 3. The summed E-state index contributed by atoms with van der Waals surface area (Å²) in [5, 5.41) is 26.3. The highest BCUT2D eigenvalue weighted by molar-refractivity contribution is 5.98. The van der Waals surface area contributed by atoms with Crippen molar-refractivity contribution in [2.75, 3.05) is 29.1 Å². The number of urea groups is 1. The van der Waals surface area contributed by atoms with Crippen LogP contribution in [-0.2, 0) is 0 Å². The molecule has 0 saturated heterocycles. The van der Waals surface area contributed by atoms with Crippen LogP contribution < -0.4 is 16.0 Å². The monoisotopic (exact) mass is 331 g/mol. The van der Waals surface area contributed by atoms with Crippen molar-refractivity contribution >= 4 is 23.5 Å². The molecular formula is C16H21N5O3. The fourth-order valence-corrected chi connectivity index (χ4v) is 1.90. The van der Waals surface area contributed by atoms with Gasteiger partial charge in [-0.15, -0.1) is 0 Å². The van der Waals surface area contributed by atoms with E-state index in [4.69, 9.17) is 5.11 Å². The number of rotatable bonds is 6. The van der Waals surface area contributed by atoms with Crippen molar-refractivity contribution in [1.82, 2.24) is 9.97 Å². The number of nitrogens with zero attached hydrogens (tertiary/aromatic N) is 2. The third-order valence-corrected chi connectivity index (χ3v) is 3.12. The van der Waals surface area contributed by atoms with Gasteiger partial charge in [-0.2, -0.15) is 4.98 Å². The minimum absolute atomic E-state index is 0.139. The molecule has 1 unspecified atom stereocenters. The SMILES string of the molecule is Cc1ccc(NC(=O)Nc2nc(C)cc(NCC(O)CO)n2)cc1. The smallest absolute Gasteiger partial charge is 0.326 e. The molecule has 8 heteroatoms. The molecule has 0 saturated carbocycles. The summed E-state index contributed by atoms with van der Waals surface area (Å²) in [5.41, 5.74) is 2.41. The zero-order valence-electron chi connectivity index (χ0n) is 13.6. The van der Waals surface area contributed by atoms with Crippen LogP contribution in [0.2, 0.25) is 0 Å². The molecule has 8 nitrogen and oxygen atoms in total. The molecule has 128 valence electrons. The van der Waals surface area contributed by atoms with E-state index in [0.29, 0.717) is 17.2 Å². The molecule has 0 bridgehead atoms. The van der Waals surface area contributed by atoms with E-state index in [-0.39, 0.29) is 19.1 Å². The summed E-state index contributed by atoms with van der Waals surface area (Å²) < 4.78 is 0. The predicted molar refractivity (Wildman–Crippen MR) is 92.2 cm³/mol. The van der Waals surface area contributed by atoms with E-state index in [0.717, 1.165) is 5.56 Å². The van der Waals surface area contributed by atoms with Gasteiger partial charge in [-0.25, -0.2) is 9.78 Å². The fraction of sp³-hybridized carbons (Fsp3) is 0.312. The third kappa shape index (κ3) is 5.49. The molecule has 0 radical (unpaired) electrons. The molecule has 2 amide bonds. The van der Waals surface area contributed by atoms with Gasteiger partial charge in [0.2, 0.25) is 5.95 Å². The van der Waals surface area contributed by atoms with Crippen LogP contribution in [0.1, 0.15) is 11.3 Å². The van der Waals surface area contributed by atoms with Crippen LogP contribution in [0.4, 0.5) is 22.2 Å². The van der Waals surface area contributed by atoms with Crippen molar-refractivity contribution in [2.24, 2.45) is 0 Å². The predicted octanol–water partition coefficient (Wildman–Crippen LogP) is 1.50. The molecule has 5 N–H and O–H groups in total. The van der Waals surface area contributed by atoms with Gasteiger partial charge >= 0.3 is 6.03 Å². The molecular weight excluding hydrogens is 310 g/mol. The van der Waals surface area contributed by atoms with Gasteiger partial charge in [0, 0.05) is 24.0 Å². The molecule has 1 atom stereocenters. The number of hydrogen-bond acceptors (Lipinski definition) is 6. The maximum absolute atomic E-state index is 12.0. The van der Waals surface area contributed by atoms with E-state index < -0.39 is 12.1 Å². The third-order valence-electron chi connectivity index (χ3n) is 3.12. The Balaban J connectivity index is 1.99. The molecule has 2 rings (SSSR count). The summed E-state index contributed by atoms with van der Waals surface area (Å²) in [5.74, 6) is 0.584. The van der Waals surface area contributed by atoms with Crippen molar-refractivity contribution in [3.05, 3.63) is 41.6 Å². The molecule has 0 aliphatic carbocycles. The summed E-state index contributed by atoms with van der Waals surface area (Å²) in [7, 11) is 0. The zero-order valence-corrected chi connectivity index (χ0v) is 13.6. The topological polar surface area (TPSA) is 119 Å². The second-order valence-electron chi connectivity index (χ2n) is 5.38. The number of carbonyl (C=O) groups excluding carboxylic acids is 1. The van der Waals surface area contributed by atoms with Gasteiger partial charge in [0.15, 0.2) is 0 Å². The maximum atomic E-state index is 12.0. The van der Waals surface area contributed by atoms with Crippen LogP contribution in [0.3, 0.4) is 0 Å². The molecule has 0 aliphatic heterocycles. The highest BCUT2D eigenvalue weighted by Crippen LogP contribution is 2.12. The number of aromatic nitrogens is 2. The highest BCUT2D eigenvalue weighted by atomic mass is 16.3. The quantitative estimate of drug-likeness (QED) is 0.547. The van der Waals surface area contributed by atoms with Crippen molar-refractivity contribution < 1.29 is 15.0 Å². The number of carbonyl (C=O) groups is 1. The number of amides is 2. The van der Waals surface area contributed by atoms with Gasteiger partial charge in [-0.1, -0.05) is 17.7 Å². The molecule has 2 aromatic rings. The minimum Gasteiger partial charge on any atom is -0.394 e. The van der Waals surface area contributed by atoms with Crippen LogP contribution in [0.25, 0.3) is 0 Å². The lowest BCUT2D eigenvalue weighted by molar-refractivity contribution is 0.105. The molecule has 0 spiro atoms. The number of hydrogen-bond donors (Lipinski definition) is 5. The molecule has 1 aromatic carbocycles. The van der Waals surface area contributed by atoms with Crippen LogP contribution in [0.5, 0.6) is 0 Å². The lowest BCUT2D eigenvalue weighted by atomic mass is 10.2. The van der Waals surface area contributed by atoms with E-state index >= 15 is 0 Å². The van der Waals surface area contributed by atoms with Crippen LogP contribution in [-0.4, -0.2) is 45.5 Å². The van der Waals surface area contributed by atoms with E-state index in [1.54, 1.807) is 25.1 Å². The van der Waals surface area contributed by atoms with E-state index in [1.807, 2.05) is 19.1 Å². The largest absolute Gasteiger partial charge is 0.394 e. The van der Waals surface area contributed by atoms with Gasteiger partial charge in [0.05, 0.1) is 12.7 Å². The van der Waals surface area contributed by atoms with Gasteiger partial charge in [0.1, 0.15) is 5.82 Å². The van der Waals surface area contributed by atoms with E-state index in [9.17, 15) is 9.90 Å². The molecule has 1 aromatic heterocycles. The Kier molecular flexibility index (Phi) is 6.05. The Labute approximate surface area is 140 Å². The lowest BCUT2D eigenvalue weighted by Crippen LogP contribution is -2.24. The number of aliphatic hydroxyl groups is 2. The second-order valence-corrected chi connectivity index (χ2v) is 5.38. The summed E-state index contributed by atoms with van der Waals surface area (Å²) in [6.07, 6.45) is -0.887. The first-order chi connectivity index (χ1) is 11.5. The van der Waals surface area contributed by atoms with Crippen LogP contribution >= 0.6 is 0 Å². The summed E-state index contributed by atoms with van der Waals surface area (Å²) in [4.78, 5) is 20.3.